The minimum Gasteiger partial charge on any atom is -0.455 e. The molecule has 22 heavy (non-hydrogen) atoms. The van der Waals surface area contributed by atoms with Gasteiger partial charge in [-0.15, -0.1) is 11.3 Å². The molecule has 8 heteroatoms. The van der Waals surface area contributed by atoms with Gasteiger partial charge < -0.3 is 4.74 Å². The Morgan fingerprint density at radius 3 is 2.73 bits per heavy atom. The number of fused-ring (bicyclic) bond motifs is 1. The summed E-state index contributed by atoms with van der Waals surface area (Å²) in [5.74, 6) is -0.377. The Morgan fingerprint density at radius 1 is 1.27 bits per heavy atom. The van der Waals surface area contributed by atoms with Crippen LogP contribution in [0.4, 0.5) is 0 Å². The van der Waals surface area contributed by atoms with Crippen molar-refractivity contribution in [1.29, 1.82) is 0 Å². The number of carbonyl (C=O) groups excluding carboxylic acids is 1. The predicted octanol–water partition coefficient (Wildman–Crippen LogP) is 2.49. The fourth-order valence-corrected chi connectivity index (χ4v) is 3.83. The molecule has 0 radical (unpaired) electrons. The second-order valence-electron chi connectivity index (χ2n) is 4.83. The van der Waals surface area contributed by atoms with Gasteiger partial charge in [0.05, 0.1) is 5.56 Å². The highest BCUT2D eigenvalue weighted by Crippen LogP contribution is 2.22. The van der Waals surface area contributed by atoms with E-state index in [2.05, 4.69) is 10.1 Å². The lowest BCUT2D eigenvalue weighted by Gasteiger charge is -2.00. The first kappa shape index (κ1) is 14.9. The number of carbonyl (C=O) groups is 1. The Balaban J connectivity index is 1.79. The van der Waals surface area contributed by atoms with E-state index in [1.165, 1.54) is 21.9 Å². The molecule has 0 aliphatic heterocycles. The molecule has 0 aliphatic rings. The van der Waals surface area contributed by atoms with Crippen LogP contribution in [0.1, 0.15) is 30.8 Å². The Morgan fingerprint density at radius 2 is 2.05 bits per heavy atom. The van der Waals surface area contributed by atoms with Crippen molar-refractivity contribution in [2.24, 2.45) is 0 Å². The van der Waals surface area contributed by atoms with E-state index in [0.29, 0.717) is 21.2 Å². The van der Waals surface area contributed by atoms with Crippen molar-refractivity contribution in [1.82, 2.24) is 14.6 Å². The van der Waals surface area contributed by atoms with Gasteiger partial charge in [-0.2, -0.15) is 9.61 Å². The first-order valence-corrected chi connectivity index (χ1v) is 8.18. The van der Waals surface area contributed by atoms with Crippen LogP contribution in [0.2, 0.25) is 0 Å². The summed E-state index contributed by atoms with van der Waals surface area (Å²) in [6.07, 6.45) is 0. The molecule has 0 aliphatic carbocycles. The first-order chi connectivity index (χ1) is 10.4. The Bertz CT molecular complexity index is 923. The monoisotopic (exact) mass is 335 g/mol. The summed E-state index contributed by atoms with van der Waals surface area (Å²) in [5, 5.41) is 4.67. The van der Waals surface area contributed by atoms with Crippen LogP contribution in [0.3, 0.4) is 0 Å². The van der Waals surface area contributed by atoms with E-state index in [0.717, 1.165) is 9.75 Å². The number of aryl methyl sites for hydroxylation is 3. The number of thiophene rings is 1. The molecule has 0 atom stereocenters. The van der Waals surface area contributed by atoms with Crippen LogP contribution in [0.25, 0.3) is 4.96 Å². The lowest BCUT2D eigenvalue weighted by atomic mass is 10.2. The van der Waals surface area contributed by atoms with Gasteiger partial charge in [0.15, 0.2) is 5.01 Å². The van der Waals surface area contributed by atoms with E-state index in [4.69, 9.17) is 4.74 Å². The van der Waals surface area contributed by atoms with Crippen molar-refractivity contribution in [3.63, 3.8) is 0 Å². The van der Waals surface area contributed by atoms with Gasteiger partial charge in [0.25, 0.3) is 5.56 Å². The lowest BCUT2D eigenvalue weighted by Crippen LogP contribution is -2.14. The third-order valence-corrected chi connectivity index (χ3v) is 4.85. The van der Waals surface area contributed by atoms with Crippen LogP contribution in [0.5, 0.6) is 0 Å². The summed E-state index contributed by atoms with van der Waals surface area (Å²) in [5.41, 5.74) is 0.983. The number of rotatable bonds is 3. The zero-order valence-corrected chi connectivity index (χ0v) is 13.9. The predicted molar refractivity (Wildman–Crippen MR) is 84.8 cm³/mol. The van der Waals surface area contributed by atoms with E-state index in [1.54, 1.807) is 18.3 Å². The topological polar surface area (TPSA) is 73.6 Å². The molecule has 0 bridgehead atoms. The zero-order valence-electron chi connectivity index (χ0n) is 12.2. The molecule has 3 rings (SSSR count). The van der Waals surface area contributed by atoms with Crippen molar-refractivity contribution >= 4 is 33.6 Å². The molecule has 0 amide bonds. The molecule has 0 fully saturated rings. The molecule has 3 aromatic heterocycles. The van der Waals surface area contributed by atoms with Crippen LogP contribution in [0, 0.1) is 20.8 Å². The maximum atomic E-state index is 12.1. The smallest absolute Gasteiger partial charge is 0.339 e. The molecule has 3 heterocycles. The maximum Gasteiger partial charge on any atom is 0.339 e. The Kier molecular flexibility index (Phi) is 3.79. The van der Waals surface area contributed by atoms with Gasteiger partial charge in [0.2, 0.25) is 4.96 Å². The van der Waals surface area contributed by atoms with E-state index in [1.807, 2.05) is 19.9 Å². The molecule has 0 aromatic carbocycles. The summed E-state index contributed by atoms with van der Waals surface area (Å²) >= 11 is 2.80. The second kappa shape index (κ2) is 5.62. The fraction of sp³-hybridized carbons (Fsp3) is 0.286. The molecular weight excluding hydrogens is 322 g/mol. The summed E-state index contributed by atoms with van der Waals surface area (Å²) < 4.78 is 6.50. The average molecular weight is 335 g/mol. The summed E-state index contributed by atoms with van der Waals surface area (Å²) in [6.45, 7) is 5.61. The van der Waals surface area contributed by atoms with Crippen LogP contribution in [-0.2, 0) is 11.3 Å². The van der Waals surface area contributed by atoms with Gasteiger partial charge >= 0.3 is 5.97 Å². The van der Waals surface area contributed by atoms with Gasteiger partial charge in [-0.1, -0.05) is 11.3 Å². The van der Waals surface area contributed by atoms with Gasteiger partial charge in [0, 0.05) is 21.5 Å². The highest BCUT2D eigenvalue weighted by Gasteiger charge is 2.15. The zero-order chi connectivity index (χ0) is 15.9. The van der Waals surface area contributed by atoms with Gasteiger partial charge in [-0.3, -0.25) is 4.79 Å². The second-order valence-corrected chi connectivity index (χ2v) is 7.33. The molecule has 0 unspecified atom stereocenters. The first-order valence-electron chi connectivity index (χ1n) is 6.54. The van der Waals surface area contributed by atoms with Crippen molar-refractivity contribution in [2.45, 2.75) is 27.4 Å². The third kappa shape index (κ3) is 2.79. The van der Waals surface area contributed by atoms with Gasteiger partial charge in [-0.05, 0) is 26.8 Å². The Hall–Kier alpha value is -2.06. The minimum atomic E-state index is -0.377. The van der Waals surface area contributed by atoms with E-state index in [9.17, 15) is 9.59 Å². The summed E-state index contributed by atoms with van der Waals surface area (Å²) in [6, 6.07) is 3.23. The van der Waals surface area contributed by atoms with Crippen molar-refractivity contribution in [2.75, 3.05) is 0 Å². The van der Waals surface area contributed by atoms with E-state index >= 15 is 0 Å². The minimum absolute atomic E-state index is 0.0275. The SMILES string of the molecule is Cc1cc(=O)n2nc(COC(=O)c3cc(C)sc3C)sc2n1. The lowest BCUT2D eigenvalue weighted by molar-refractivity contribution is 0.0471. The third-order valence-electron chi connectivity index (χ3n) is 3.00. The van der Waals surface area contributed by atoms with Crippen LogP contribution >= 0.6 is 22.7 Å². The molecular formula is C14H13N3O3S2. The molecule has 0 N–H and O–H groups in total. The van der Waals surface area contributed by atoms with E-state index < -0.39 is 0 Å². The van der Waals surface area contributed by atoms with Gasteiger partial charge in [-0.25, -0.2) is 9.78 Å². The van der Waals surface area contributed by atoms with Crippen molar-refractivity contribution < 1.29 is 9.53 Å². The quantitative estimate of drug-likeness (QED) is 0.688. The molecule has 3 aromatic rings. The number of nitrogens with zero attached hydrogens (tertiary/aromatic N) is 3. The molecule has 6 nitrogen and oxygen atoms in total. The van der Waals surface area contributed by atoms with Crippen LogP contribution < -0.4 is 5.56 Å². The van der Waals surface area contributed by atoms with E-state index in [-0.39, 0.29) is 18.1 Å². The number of hydrogen-bond acceptors (Lipinski definition) is 7. The van der Waals surface area contributed by atoms with Crippen molar-refractivity contribution in [3.8, 4) is 0 Å². The summed E-state index contributed by atoms with van der Waals surface area (Å²) in [4.78, 5) is 30.6. The standard InChI is InChI=1S/C14H13N3O3S2/c1-7-4-12(18)17-14(15-7)22-11(16-17)6-20-13(19)10-5-8(2)21-9(10)3/h4-5H,6H2,1-3H3. The number of aromatic nitrogens is 3. The van der Waals surface area contributed by atoms with Gasteiger partial charge in [0.1, 0.15) is 6.61 Å². The molecule has 114 valence electrons. The van der Waals surface area contributed by atoms with Crippen LogP contribution in [-0.4, -0.2) is 20.6 Å². The Labute approximate surface area is 134 Å². The number of hydrogen-bond donors (Lipinski definition) is 0. The molecule has 0 saturated carbocycles. The summed E-state index contributed by atoms with van der Waals surface area (Å²) in [7, 11) is 0. The largest absolute Gasteiger partial charge is 0.455 e. The highest BCUT2D eigenvalue weighted by molar-refractivity contribution is 7.16. The van der Waals surface area contributed by atoms with Crippen molar-refractivity contribution in [3.05, 3.63) is 48.5 Å². The maximum absolute atomic E-state index is 12.1. The van der Waals surface area contributed by atoms with Crippen LogP contribution in [0.15, 0.2) is 16.9 Å². The average Bonchev–Trinajstić information content (AvgIpc) is 2.99. The molecule has 0 spiro atoms. The normalized spacial score (nSPS) is 11.0. The molecule has 0 saturated heterocycles. The number of ether oxygens (including phenoxy) is 1. The highest BCUT2D eigenvalue weighted by atomic mass is 32.1. The fourth-order valence-electron chi connectivity index (χ4n) is 2.06. The number of esters is 1.